The topological polar surface area (TPSA) is 89.2 Å². The first-order valence-corrected chi connectivity index (χ1v) is 9.20. The molecule has 3 rings (SSSR count). The summed E-state index contributed by atoms with van der Waals surface area (Å²) in [6.07, 6.45) is 3.00. The number of aromatic nitrogens is 2. The van der Waals surface area contributed by atoms with Crippen molar-refractivity contribution in [1.82, 2.24) is 14.9 Å². The molecule has 130 valence electrons. The Morgan fingerprint density at radius 2 is 1.88 bits per heavy atom. The van der Waals surface area contributed by atoms with Crippen LogP contribution in [0.3, 0.4) is 0 Å². The summed E-state index contributed by atoms with van der Waals surface area (Å²) in [7, 11) is 0. The van der Waals surface area contributed by atoms with Gasteiger partial charge in [-0.3, -0.25) is 9.59 Å². The molecule has 7 heteroatoms. The third-order valence-electron chi connectivity index (χ3n) is 4.28. The van der Waals surface area contributed by atoms with E-state index in [0.29, 0.717) is 36.8 Å². The van der Waals surface area contributed by atoms with Crippen LogP contribution in [0.5, 0.6) is 0 Å². The second kappa shape index (κ2) is 8.11. The van der Waals surface area contributed by atoms with Crippen LogP contribution in [0.15, 0.2) is 47.8 Å². The van der Waals surface area contributed by atoms with Crippen LogP contribution in [0, 0.1) is 5.92 Å². The lowest BCUT2D eigenvalue weighted by molar-refractivity contribution is -0.132. The molecule has 1 saturated heterocycles. The fraction of sp³-hybridized carbons (Fsp3) is 0.333. The number of hydrogen-bond donors (Lipinski definition) is 1. The van der Waals surface area contributed by atoms with Crippen molar-refractivity contribution < 1.29 is 9.59 Å². The van der Waals surface area contributed by atoms with Gasteiger partial charge in [0.2, 0.25) is 11.8 Å². The smallest absolute Gasteiger partial charge is 0.233 e. The average Bonchev–Trinajstić information content (AvgIpc) is 2.67. The zero-order chi connectivity index (χ0) is 17.6. The number of carbonyl (C=O) groups is 2. The van der Waals surface area contributed by atoms with E-state index in [1.54, 1.807) is 11.1 Å². The van der Waals surface area contributed by atoms with E-state index in [4.69, 9.17) is 5.73 Å². The first kappa shape index (κ1) is 17.4. The first-order valence-electron chi connectivity index (χ1n) is 8.22. The number of primary amides is 1. The van der Waals surface area contributed by atoms with Crippen molar-refractivity contribution in [3.05, 3.63) is 42.6 Å². The molecule has 1 aromatic carbocycles. The normalized spacial score (nSPS) is 15.1. The van der Waals surface area contributed by atoms with Crippen molar-refractivity contribution in [2.45, 2.75) is 18.0 Å². The third kappa shape index (κ3) is 4.57. The highest BCUT2D eigenvalue weighted by atomic mass is 32.2. The monoisotopic (exact) mass is 356 g/mol. The van der Waals surface area contributed by atoms with Crippen LogP contribution in [0.2, 0.25) is 0 Å². The molecule has 1 aliphatic rings. The lowest BCUT2D eigenvalue weighted by Gasteiger charge is -2.30. The molecule has 1 aliphatic heterocycles. The second-order valence-corrected chi connectivity index (χ2v) is 6.88. The van der Waals surface area contributed by atoms with E-state index in [0.717, 1.165) is 11.3 Å². The van der Waals surface area contributed by atoms with Crippen molar-refractivity contribution in [1.29, 1.82) is 0 Å². The van der Waals surface area contributed by atoms with Gasteiger partial charge in [-0.2, -0.15) is 0 Å². The fourth-order valence-corrected chi connectivity index (χ4v) is 3.54. The van der Waals surface area contributed by atoms with Crippen LogP contribution in [-0.2, 0) is 9.59 Å². The molecule has 2 aromatic rings. The third-order valence-corrected chi connectivity index (χ3v) is 5.12. The van der Waals surface area contributed by atoms with Gasteiger partial charge in [-0.1, -0.05) is 42.1 Å². The summed E-state index contributed by atoms with van der Waals surface area (Å²) < 4.78 is 0. The molecule has 0 unspecified atom stereocenters. The number of amides is 2. The predicted octanol–water partition coefficient (Wildman–Crippen LogP) is 1.96. The minimum Gasteiger partial charge on any atom is -0.369 e. The molecule has 2 amide bonds. The molecular formula is C18H20N4O2S. The maximum atomic E-state index is 12.3. The average molecular weight is 356 g/mol. The molecule has 1 aromatic heterocycles. The number of thioether (sulfide) groups is 1. The second-order valence-electron chi connectivity index (χ2n) is 5.94. The van der Waals surface area contributed by atoms with Crippen LogP contribution in [-0.4, -0.2) is 45.5 Å². The summed E-state index contributed by atoms with van der Waals surface area (Å²) in [5.41, 5.74) is 7.18. The molecule has 0 radical (unpaired) electrons. The van der Waals surface area contributed by atoms with Crippen molar-refractivity contribution in [3.63, 3.8) is 0 Å². The number of likely N-dealkylation sites (tertiary alicyclic amines) is 1. The van der Waals surface area contributed by atoms with Gasteiger partial charge in [-0.15, -0.1) is 0 Å². The van der Waals surface area contributed by atoms with Gasteiger partial charge in [0.25, 0.3) is 0 Å². The van der Waals surface area contributed by atoms with Crippen LogP contribution in [0.4, 0.5) is 0 Å². The van der Waals surface area contributed by atoms with Gasteiger partial charge in [-0.05, 0) is 18.9 Å². The SMILES string of the molecule is NC(=O)C1CCN(C(=O)CSc2nccc(-c3ccccc3)n2)CC1. The van der Waals surface area contributed by atoms with Crippen molar-refractivity contribution >= 4 is 23.6 Å². The number of nitrogens with zero attached hydrogens (tertiary/aromatic N) is 3. The van der Waals surface area contributed by atoms with Gasteiger partial charge >= 0.3 is 0 Å². The molecule has 1 fully saturated rings. The van der Waals surface area contributed by atoms with Crippen LogP contribution in [0.25, 0.3) is 11.3 Å². The van der Waals surface area contributed by atoms with Crippen LogP contribution >= 0.6 is 11.8 Å². The van der Waals surface area contributed by atoms with E-state index in [1.807, 2.05) is 36.4 Å². The van der Waals surface area contributed by atoms with Gasteiger partial charge < -0.3 is 10.6 Å². The van der Waals surface area contributed by atoms with Gasteiger partial charge in [0, 0.05) is 30.8 Å². The van der Waals surface area contributed by atoms with E-state index >= 15 is 0 Å². The van der Waals surface area contributed by atoms with E-state index < -0.39 is 0 Å². The summed E-state index contributed by atoms with van der Waals surface area (Å²) >= 11 is 1.33. The summed E-state index contributed by atoms with van der Waals surface area (Å²) in [5, 5.41) is 0.585. The molecule has 0 aliphatic carbocycles. The Labute approximate surface area is 150 Å². The Morgan fingerprint density at radius 1 is 1.16 bits per heavy atom. The lowest BCUT2D eigenvalue weighted by atomic mass is 9.96. The van der Waals surface area contributed by atoms with E-state index in [2.05, 4.69) is 9.97 Å². The lowest BCUT2D eigenvalue weighted by Crippen LogP contribution is -2.42. The van der Waals surface area contributed by atoms with E-state index in [-0.39, 0.29) is 17.7 Å². The number of rotatable bonds is 5. The van der Waals surface area contributed by atoms with Gasteiger partial charge in [0.05, 0.1) is 11.4 Å². The largest absolute Gasteiger partial charge is 0.369 e. The Kier molecular flexibility index (Phi) is 5.65. The fourth-order valence-electron chi connectivity index (χ4n) is 2.81. The van der Waals surface area contributed by atoms with E-state index in [1.165, 1.54) is 11.8 Å². The maximum absolute atomic E-state index is 12.3. The molecule has 2 N–H and O–H groups in total. The van der Waals surface area contributed by atoms with Crippen molar-refractivity contribution in [3.8, 4) is 11.3 Å². The predicted molar refractivity (Wildman–Crippen MR) is 96.7 cm³/mol. The minimum absolute atomic E-state index is 0.0432. The number of nitrogens with two attached hydrogens (primary N) is 1. The van der Waals surface area contributed by atoms with Crippen molar-refractivity contribution in [2.75, 3.05) is 18.8 Å². The summed E-state index contributed by atoms with van der Waals surface area (Å²) in [4.78, 5) is 34.1. The molecule has 0 spiro atoms. The minimum atomic E-state index is -0.271. The Bertz CT molecular complexity index is 746. The van der Waals surface area contributed by atoms with E-state index in [9.17, 15) is 9.59 Å². The highest BCUT2D eigenvalue weighted by Crippen LogP contribution is 2.21. The highest BCUT2D eigenvalue weighted by Gasteiger charge is 2.25. The molecule has 2 heterocycles. The van der Waals surface area contributed by atoms with Gasteiger partial charge in [0.15, 0.2) is 5.16 Å². The Hall–Kier alpha value is -2.41. The summed E-state index contributed by atoms with van der Waals surface area (Å²) in [5.74, 6) is -0.0451. The molecule has 0 atom stereocenters. The molecule has 6 nitrogen and oxygen atoms in total. The number of hydrogen-bond acceptors (Lipinski definition) is 5. The highest BCUT2D eigenvalue weighted by molar-refractivity contribution is 7.99. The van der Waals surface area contributed by atoms with Crippen LogP contribution in [0.1, 0.15) is 12.8 Å². The number of carbonyl (C=O) groups excluding carboxylic acids is 2. The van der Waals surface area contributed by atoms with Gasteiger partial charge in [-0.25, -0.2) is 9.97 Å². The Balaban J connectivity index is 1.55. The summed E-state index contributed by atoms with van der Waals surface area (Å²) in [6.45, 7) is 1.16. The first-order chi connectivity index (χ1) is 12.1. The zero-order valence-corrected chi connectivity index (χ0v) is 14.6. The maximum Gasteiger partial charge on any atom is 0.233 e. The number of piperidine rings is 1. The van der Waals surface area contributed by atoms with Crippen molar-refractivity contribution in [2.24, 2.45) is 11.7 Å². The molecule has 25 heavy (non-hydrogen) atoms. The number of benzene rings is 1. The molecular weight excluding hydrogens is 336 g/mol. The van der Waals surface area contributed by atoms with Gasteiger partial charge in [0.1, 0.15) is 0 Å². The standard InChI is InChI=1S/C18H20N4O2S/c19-17(24)14-7-10-22(11-8-14)16(23)12-25-18-20-9-6-15(21-18)13-4-2-1-3-5-13/h1-6,9,14H,7-8,10-12H2,(H2,19,24). The summed E-state index contributed by atoms with van der Waals surface area (Å²) in [6, 6.07) is 11.7. The molecule has 0 bridgehead atoms. The Morgan fingerprint density at radius 3 is 2.56 bits per heavy atom. The van der Waals surface area contributed by atoms with Crippen LogP contribution < -0.4 is 5.73 Å². The zero-order valence-electron chi connectivity index (χ0n) is 13.8. The molecule has 0 saturated carbocycles. The quantitative estimate of drug-likeness (QED) is 0.653.